The molecule has 23 heavy (non-hydrogen) atoms. The van der Waals surface area contributed by atoms with Gasteiger partial charge in [-0.25, -0.2) is 18.1 Å². The molecule has 2 aromatic rings. The van der Waals surface area contributed by atoms with E-state index >= 15 is 0 Å². The highest BCUT2D eigenvalue weighted by molar-refractivity contribution is 7.95. The fraction of sp³-hybridized carbons (Fsp3) is 0.462. The molecule has 0 aliphatic rings. The van der Waals surface area contributed by atoms with Gasteiger partial charge in [0.15, 0.2) is 5.82 Å². The molecule has 0 N–H and O–H groups in total. The first-order valence-corrected chi connectivity index (χ1v) is 11.1. The van der Waals surface area contributed by atoms with Crippen LogP contribution in [0.25, 0.3) is 11.4 Å². The van der Waals surface area contributed by atoms with E-state index < -0.39 is 9.84 Å². The molecule has 0 saturated carbocycles. The average Bonchev–Trinajstić information content (AvgIpc) is 2.88. The fourth-order valence-corrected chi connectivity index (χ4v) is 2.98. The molecule has 0 unspecified atom stereocenters. The summed E-state index contributed by atoms with van der Waals surface area (Å²) in [5.74, 6) is 1.18. The lowest BCUT2D eigenvalue weighted by Crippen LogP contribution is -2.15. The SMILES string of the molecule is C[S+](C)CCOCn1nc(-c2ccc(Cl)nc2)nc1S(C)(=O)=O. The van der Waals surface area contributed by atoms with E-state index in [1.54, 1.807) is 12.1 Å². The van der Waals surface area contributed by atoms with Gasteiger partial charge in [0.1, 0.15) is 17.6 Å². The van der Waals surface area contributed by atoms with Crippen LogP contribution in [0.2, 0.25) is 5.15 Å². The van der Waals surface area contributed by atoms with Gasteiger partial charge in [0, 0.05) is 18.0 Å². The highest BCUT2D eigenvalue weighted by Gasteiger charge is 2.20. The smallest absolute Gasteiger partial charge is 0.248 e. The zero-order valence-corrected chi connectivity index (χ0v) is 15.5. The van der Waals surface area contributed by atoms with E-state index in [2.05, 4.69) is 27.6 Å². The third kappa shape index (κ3) is 5.17. The minimum absolute atomic E-state index is 0.0353. The third-order valence-corrected chi connectivity index (χ3v) is 4.98. The summed E-state index contributed by atoms with van der Waals surface area (Å²) in [5, 5.41) is 4.43. The molecule has 0 fully saturated rings. The Morgan fingerprint density at radius 2 is 2.09 bits per heavy atom. The van der Waals surface area contributed by atoms with Crippen molar-refractivity contribution in [3.63, 3.8) is 0 Å². The van der Waals surface area contributed by atoms with Gasteiger partial charge in [0.2, 0.25) is 15.0 Å². The van der Waals surface area contributed by atoms with Crippen LogP contribution in [0.5, 0.6) is 0 Å². The average molecular weight is 378 g/mol. The van der Waals surface area contributed by atoms with Crippen molar-refractivity contribution in [2.75, 3.05) is 31.1 Å². The molecular weight excluding hydrogens is 360 g/mol. The Labute approximate surface area is 143 Å². The molecule has 0 atom stereocenters. The first-order chi connectivity index (χ1) is 10.8. The second kappa shape index (κ2) is 7.61. The number of pyridine rings is 1. The standard InChI is InChI=1S/C13H18ClN4O3S2/c1-22(2)7-6-21-9-18-13(23(3,19)20)16-12(17-18)10-4-5-11(14)15-8-10/h4-5,8H,6-7,9H2,1-3H3/q+1. The maximum atomic E-state index is 11.9. The quantitative estimate of drug-likeness (QED) is 0.410. The summed E-state index contributed by atoms with van der Waals surface area (Å²) in [5.41, 5.74) is 0.585. The minimum atomic E-state index is -3.52. The first kappa shape index (κ1) is 18.2. The van der Waals surface area contributed by atoms with Crippen LogP contribution in [0.1, 0.15) is 0 Å². The molecule has 2 rings (SSSR count). The Hall–Kier alpha value is -1.16. The normalized spacial score (nSPS) is 12.0. The van der Waals surface area contributed by atoms with E-state index in [9.17, 15) is 8.42 Å². The predicted molar refractivity (Wildman–Crippen MR) is 91.4 cm³/mol. The molecule has 2 aromatic heterocycles. The molecule has 0 amide bonds. The molecule has 0 aliphatic heterocycles. The van der Waals surface area contributed by atoms with E-state index in [1.165, 1.54) is 10.9 Å². The van der Waals surface area contributed by atoms with Crippen molar-refractivity contribution in [1.82, 2.24) is 19.7 Å². The lowest BCUT2D eigenvalue weighted by molar-refractivity contribution is 0.0738. The highest BCUT2D eigenvalue weighted by atomic mass is 35.5. The number of hydrogen-bond donors (Lipinski definition) is 0. The van der Waals surface area contributed by atoms with Crippen LogP contribution in [0.3, 0.4) is 0 Å². The van der Waals surface area contributed by atoms with Gasteiger partial charge >= 0.3 is 0 Å². The van der Waals surface area contributed by atoms with Gasteiger partial charge in [-0.2, -0.15) is 4.98 Å². The van der Waals surface area contributed by atoms with Gasteiger partial charge in [-0.15, -0.1) is 5.10 Å². The zero-order valence-electron chi connectivity index (χ0n) is 13.1. The van der Waals surface area contributed by atoms with Crippen molar-refractivity contribution in [3.8, 4) is 11.4 Å². The van der Waals surface area contributed by atoms with Crippen LogP contribution in [-0.4, -0.2) is 59.3 Å². The molecule has 0 spiro atoms. The molecule has 0 aliphatic carbocycles. The summed E-state index contributed by atoms with van der Waals surface area (Å²) >= 11 is 5.75. The van der Waals surface area contributed by atoms with Gasteiger partial charge in [-0.1, -0.05) is 11.6 Å². The van der Waals surface area contributed by atoms with E-state index in [0.717, 1.165) is 12.0 Å². The van der Waals surface area contributed by atoms with Crippen LogP contribution in [0, 0.1) is 0 Å². The first-order valence-electron chi connectivity index (χ1n) is 6.66. The number of sulfone groups is 1. The van der Waals surface area contributed by atoms with Crippen LogP contribution >= 0.6 is 11.6 Å². The molecule has 0 bridgehead atoms. The van der Waals surface area contributed by atoms with Crippen LogP contribution < -0.4 is 0 Å². The monoisotopic (exact) mass is 377 g/mol. The van der Waals surface area contributed by atoms with E-state index in [1.807, 2.05) is 0 Å². The maximum absolute atomic E-state index is 11.9. The summed E-state index contributed by atoms with van der Waals surface area (Å²) in [6, 6.07) is 3.28. The largest absolute Gasteiger partial charge is 0.354 e. The summed E-state index contributed by atoms with van der Waals surface area (Å²) in [7, 11) is -3.25. The zero-order chi connectivity index (χ0) is 17.0. The van der Waals surface area contributed by atoms with Gasteiger partial charge in [-0.3, -0.25) is 0 Å². The highest BCUT2D eigenvalue weighted by Crippen LogP contribution is 2.18. The molecule has 7 nitrogen and oxygen atoms in total. The summed E-state index contributed by atoms with van der Waals surface area (Å²) in [6.07, 6.45) is 6.82. The summed E-state index contributed by atoms with van der Waals surface area (Å²) in [4.78, 5) is 8.05. The van der Waals surface area contributed by atoms with E-state index in [4.69, 9.17) is 16.3 Å². The van der Waals surface area contributed by atoms with Crippen LogP contribution in [-0.2, 0) is 32.2 Å². The van der Waals surface area contributed by atoms with Crippen molar-refractivity contribution < 1.29 is 13.2 Å². The number of hydrogen-bond acceptors (Lipinski definition) is 6. The second-order valence-corrected chi connectivity index (χ2v) is 9.76. The van der Waals surface area contributed by atoms with Crippen molar-refractivity contribution in [1.29, 1.82) is 0 Å². The Morgan fingerprint density at radius 3 is 2.65 bits per heavy atom. The summed E-state index contributed by atoms with van der Waals surface area (Å²) in [6.45, 7) is 0.574. The maximum Gasteiger partial charge on any atom is 0.248 e. The van der Waals surface area contributed by atoms with Gasteiger partial charge in [0.25, 0.3) is 0 Å². The lowest BCUT2D eigenvalue weighted by atomic mass is 10.3. The molecule has 10 heteroatoms. The number of aromatic nitrogens is 4. The molecule has 0 saturated heterocycles. The van der Waals surface area contributed by atoms with Crippen LogP contribution in [0.4, 0.5) is 0 Å². The van der Waals surface area contributed by atoms with Crippen molar-refractivity contribution >= 4 is 32.3 Å². The molecule has 0 aromatic carbocycles. The number of halogens is 1. The van der Waals surface area contributed by atoms with Gasteiger partial charge < -0.3 is 4.74 Å². The lowest BCUT2D eigenvalue weighted by Gasteiger charge is -2.05. The number of rotatable bonds is 7. The van der Waals surface area contributed by atoms with Crippen molar-refractivity contribution in [2.45, 2.75) is 11.9 Å². The van der Waals surface area contributed by atoms with E-state index in [0.29, 0.717) is 17.3 Å². The van der Waals surface area contributed by atoms with Crippen molar-refractivity contribution in [2.24, 2.45) is 0 Å². The van der Waals surface area contributed by atoms with Gasteiger partial charge in [-0.05, 0) is 23.0 Å². The van der Waals surface area contributed by atoms with E-state index in [-0.39, 0.29) is 28.6 Å². The van der Waals surface area contributed by atoms with Crippen LogP contribution in [0.15, 0.2) is 23.5 Å². The topological polar surface area (TPSA) is 87.0 Å². The summed E-state index contributed by atoms with van der Waals surface area (Å²) < 4.78 is 30.5. The van der Waals surface area contributed by atoms with Gasteiger partial charge in [0.05, 0.1) is 19.1 Å². The molecule has 2 heterocycles. The minimum Gasteiger partial charge on any atom is -0.354 e. The number of nitrogens with zero attached hydrogens (tertiary/aromatic N) is 4. The predicted octanol–water partition coefficient (Wildman–Crippen LogP) is 1.25. The Bertz CT molecular complexity index is 760. The Morgan fingerprint density at radius 1 is 1.35 bits per heavy atom. The number of ether oxygens (including phenoxy) is 1. The Balaban J connectivity index is 2.24. The molecular formula is C13H18ClN4O3S2+. The molecule has 0 radical (unpaired) electrons. The third-order valence-electron chi connectivity index (χ3n) is 2.80. The fourth-order valence-electron chi connectivity index (χ4n) is 1.69. The molecule has 126 valence electrons. The second-order valence-electron chi connectivity index (χ2n) is 5.09. The Kier molecular flexibility index (Phi) is 6.01. The van der Waals surface area contributed by atoms with Crippen molar-refractivity contribution in [3.05, 3.63) is 23.5 Å².